The Morgan fingerprint density at radius 3 is 2.92 bits per heavy atom. The number of hydrogen-bond acceptors (Lipinski definition) is 3. The van der Waals surface area contributed by atoms with E-state index < -0.39 is 0 Å². The molecule has 2 amide bonds. The van der Waals surface area contributed by atoms with Crippen LogP contribution in [0.4, 0.5) is 4.79 Å². The number of hydrogen-bond donors (Lipinski definition) is 1. The predicted octanol–water partition coefficient (Wildman–Crippen LogP) is 2.41. The Labute approximate surface area is 141 Å². The van der Waals surface area contributed by atoms with Gasteiger partial charge in [0.25, 0.3) is 0 Å². The molecule has 1 aromatic carbocycles. The normalized spacial score (nSPS) is 22.0. The number of ether oxygens (including phenoxy) is 2. The summed E-state index contributed by atoms with van der Waals surface area (Å²) in [5.41, 5.74) is 1.17. The van der Waals surface area contributed by atoms with Crippen molar-refractivity contribution in [2.75, 3.05) is 19.7 Å². The molecule has 0 spiro atoms. The van der Waals surface area contributed by atoms with E-state index in [0.717, 1.165) is 18.0 Å². The number of amides is 2. The molecule has 1 aromatic heterocycles. The number of rotatable bonds is 2. The Morgan fingerprint density at radius 2 is 2.04 bits per heavy atom. The molecule has 6 nitrogen and oxygen atoms in total. The van der Waals surface area contributed by atoms with Crippen molar-refractivity contribution in [3.63, 3.8) is 0 Å². The van der Waals surface area contributed by atoms with Gasteiger partial charge < -0.3 is 24.3 Å². The molecule has 0 saturated heterocycles. The molecule has 0 bridgehead atoms. The second kappa shape index (κ2) is 6.11. The Hall–Kier alpha value is -2.63. The molecule has 24 heavy (non-hydrogen) atoms. The quantitative estimate of drug-likeness (QED) is 0.921. The zero-order chi connectivity index (χ0) is 16.5. The summed E-state index contributed by atoms with van der Waals surface area (Å²) in [7, 11) is 0. The molecule has 2 aliphatic heterocycles. The molecule has 0 fully saturated rings. The summed E-state index contributed by atoms with van der Waals surface area (Å²) in [5.74, 6) is 1.48. The third-order valence-corrected chi connectivity index (χ3v) is 4.65. The number of urea groups is 1. The van der Waals surface area contributed by atoms with Crippen molar-refractivity contribution in [1.29, 1.82) is 0 Å². The molecule has 3 heterocycles. The number of carbonyl (C=O) groups is 1. The summed E-state index contributed by atoms with van der Waals surface area (Å²) in [5, 5.41) is 2.98. The Morgan fingerprint density at radius 1 is 1.21 bits per heavy atom. The fourth-order valence-corrected chi connectivity index (χ4v) is 3.32. The van der Waals surface area contributed by atoms with Gasteiger partial charge in [-0.25, -0.2) is 4.79 Å². The van der Waals surface area contributed by atoms with E-state index in [1.165, 1.54) is 5.69 Å². The van der Waals surface area contributed by atoms with Crippen LogP contribution >= 0.6 is 0 Å². The van der Waals surface area contributed by atoms with Crippen molar-refractivity contribution in [3.8, 4) is 11.5 Å². The predicted molar refractivity (Wildman–Crippen MR) is 89.3 cm³/mol. The first-order valence-corrected chi connectivity index (χ1v) is 8.30. The fraction of sp³-hybridized carbons (Fsp3) is 0.389. The van der Waals surface area contributed by atoms with Gasteiger partial charge >= 0.3 is 6.03 Å². The Kier molecular flexibility index (Phi) is 3.80. The summed E-state index contributed by atoms with van der Waals surface area (Å²) < 4.78 is 13.8. The van der Waals surface area contributed by atoms with E-state index in [4.69, 9.17) is 9.47 Å². The zero-order valence-corrected chi connectivity index (χ0v) is 13.6. The number of para-hydroxylation sites is 2. The number of benzene rings is 1. The summed E-state index contributed by atoms with van der Waals surface area (Å²) in [4.78, 5) is 14.4. The topological polar surface area (TPSA) is 55.7 Å². The lowest BCUT2D eigenvalue weighted by atomic mass is 10.1. The highest BCUT2D eigenvalue weighted by atomic mass is 16.6. The van der Waals surface area contributed by atoms with Gasteiger partial charge in [0.1, 0.15) is 6.61 Å². The van der Waals surface area contributed by atoms with E-state index in [-0.39, 0.29) is 18.2 Å². The minimum atomic E-state index is -0.173. The van der Waals surface area contributed by atoms with Gasteiger partial charge in [0.15, 0.2) is 17.6 Å². The van der Waals surface area contributed by atoms with Crippen molar-refractivity contribution < 1.29 is 14.3 Å². The van der Waals surface area contributed by atoms with Crippen LogP contribution in [0.15, 0.2) is 42.6 Å². The first kappa shape index (κ1) is 14.9. The first-order chi connectivity index (χ1) is 11.7. The molecular weight excluding hydrogens is 306 g/mol. The maximum atomic E-state index is 12.5. The monoisotopic (exact) mass is 327 g/mol. The summed E-state index contributed by atoms with van der Waals surface area (Å²) >= 11 is 0. The second-order valence-corrected chi connectivity index (χ2v) is 6.18. The molecule has 0 radical (unpaired) electrons. The van der Waals surface area contributed by atoms with E-state index in [1.807, 2.05) is 35.2 Å². The minimum absolute atomic E-state index is 0.0580. The molecular formula is C18H21N3O3. The third kappa shape index (κ3) is 2.68. The van der Waals surface area contributed by atoms with Crippen LogP contribution in [0.5, 0.6) is 11.5 Å². The van der Waals surface area contributed by atoms with Gasteiger partial charge in [0.2, 0.25) is 0 Å². The van der Waals surface area contributed by atoms with Gasteiger partial charge in [0.05, 0.1) is 12.6 Å². The SMILES string of the molecule is C[C@H]1c2cccn2CCN1C(=O)NC[C@H]1COc2ccccc2O1. The van der Waals surface area contributed by atoms with Crippen LogP contribution in [0.1, 0.15) is 18.7 Å². The molecule has 4 rings (SSSR count). The molecule has 6 heteroatoms. The largest absolute Gasteiger partial charge is 0.486 e. The van der Waals surface area contributed by atoms with E-state index in [1.54, 1.807) is 0 Å². The standard InChI is InChI=1S/C18H21N3O3/c1-13-15-5-4-8-20(15)9-10-21(13)18(22)19-11-14-12-23-16-6-2-3-7-17(16)24-14/h2-8,13-14H,9-12H2,1H3,(H,19,22)/t13-,14-/m0/s1. The lowest BCUT2D eigenvalue weighted by molar-refractivity contribution is 0.0884. The molecule has 2 aromatic rings. The van der Waals surface area contributed by atoms with Crippen LogP contribution < -0.4 is 14.8 Å². The lowest BCUT2D eigenvalue weighted by Crippen LogP contribution is -2.49. The van der Waals surface area contributed by atoms with Gasteiger partial charge in [0, 0.05) is 25.0 Å². The van der Waals surface area contributed by atoms with E-state index in [2.05, 4.69) is 29.1 Å². The smallest absolute Gasteiger partial charge is 0.318 e. The van der Waals surface area contributed by atoms with Crippen molar-refractivity contribution in [2.24, 2.45) is 0 Å². The maximum absolute atomic E-state index is 12.5. The van der Waals surface area contributed by atoms with E-state index in [0.29, 0.717) is 19.7 Å². The van der Waals surface area contributed by atoms with Crippen LogP contribution in [0.3, 0.4) is 0 Å². The average Bonchev–Trinajstić information content (AvgIpc) is 3.09. The molecule has 2 atom stereocenters. The highest BCUT2D eigenvalue weighted by Gasteiger charge is 2.28. The molecule has 2 aliphatic rings. The van der Waals surface area contributed by atoms with Crippen LogP contribution in [-0.2, 0) is 6.54 Å². The van der Waals surface area contributed by atoms with Crippen LogP contribution in [0.2, 0.25) is 0 Å². The van der Waals surface area contributed by atoms with E-state index in [9.17, 15) is 4.79 Å². The van der Waals surface area contributed by atoms with Gasteiger partial charge in [-0.15, -0.1) is 0 Å². The average molecular weight is 327 g/mol. The maximum Gasteiger partial charge on any atom is 0.318 e. The molecule has 0 saturated carbocycles. The highest BCUT2D eigenvalue weighted by molar-refractivity contribution is 5.74. The first-order valence-electron chi connectivity index (χ1n) is 8.30. The number of carbonyl (C=O) groups excluding carboxylic acids is 1. The van der Waals surface area contributed by atoms with Crippen LogP contribution in [0.25, 0.3) is 0 Å². The fourth-order valence-electron chi connectivity index (χ4n) is 3.32. The number of fused-ring (bicyclic) bond motifs is 2. The zero-order valence-electron chi connectivity index (χ0n) is 13.6. The number of nitrogens with one attached hydrogen (secondary N) is 1. The summed E-state index contributed by atoms with van der Waals surface area (Å²) in [6.45, 7) is 4.46. The number of aromatic nitrogens is 1. The summed E-state index contributed by atoms with van der Waals surface area (Å²) in [6.07, 6.45) is 1.89. The second-order valence-electron chi connectivity index (χ2n) is 6.18. The number of nitrogens with zero attached hydrogens (tertiary/aromatic N) is 2. The van der Waals surface area contributed by atoms with Gasteiger partial charge in [-0.05, 0) is 31.2 Å². The van der Waals surface area contributed by atoms with Gasteiger partial charge in [-0.1, -0.05) is 12.1 Å². The highest BCUT2D eigenvalue weighted by Crippen LogP contribution is 2.30. The molecule has 0 unspecified atom stereocenters. The Balaban J connectivity index is 1.35. The third-order valence-electron chi connectivity index (χ3n) is 4.65. The van der Waals surface area contributed by atoms with Crippen LogP contribution in [-0.4, -0.2) is 41.3 Å². The van der Waals surface area contributed by atoms with Crippen molar-refractivity contribution in [1.82, 2.24) is 14.8 Å². The van der Waals surface area contributed by atoms with Gasteiger partial charge in [-0.2, -0.15) is 0 Å². The van der Waals surface area contributed by atoms with Crippen LogP contribution in [0, 0.1) is 0 Å². The minimum Gasteiger partial charge on any atom is -0.486 e. The van der Waals surface area contributed by atoms with Crippen molar-refractivity contribution >= 4 is 6.03 Å². The van der Waals surface area contributed by atoms with E-state index >= 15 is 0 Å². The molecule has 126 valence electrons. The van der Waals surface area contributed by atoms with Crippen molar-refractivity contribution in [2.45, 2.75) is 25.6 Å². The lowest BCUT2D eigenvalue weighted by Gasteiger charge is -2.35. The molecule has 1 N–H and O–H groups in total. The van der Waals surface area contributed by atoms with Gasteiger partial charge in [-0.3, -0.25) is 0 Å². The molecule has 0 aliphatic carbocycles. The van der Waals surface area contributed by atoms with Crippen molar-refractivity contribution in [3.05, 3.63) is 48.3 Å². The summed E-state index contributed by atoms with van der Waals surface area (Å²) in [6, 6.07) is 11.7. The Bertz CT molecular complexity index is 743.